The Morgan fingerprint density at radius 3 is 2.78 bits per heavy atom. The van der Waals surface area contributed by atoms with E-state index >= 15 is 0 Å². The summed E-state index contributed by atoms with van der Waals surface area (Å²) in [5.41, 5.74) is 2.60. The number of nitrogens with zero attached hydrogens (tertiary/aromatic N) is 1. The van der Waals surface area contributed by atoms with Crippen LogP contribution >= 0.6 is 0 Å². The van der Waals surface area contributed by atoms with Crippen molar-refractivity contribution in [2.45, 2.75) is 32.4 Å². The quantitative estimate of drug-likeness (QED) is 0.603. The molecule has 4 nitrogen and oxygen atoms in total. The Hall–Kier alpha value is -1.84. The van der Waals surface area contributed by atoms with E-state index in [1.54, 1.807) is 6.07 Å². The summed E-state index contributed by atoms with van der Waals surface area (Å²) >= 11 is 0. The number of fused-ring (bicyclic) bond motifs is 1. The van der Waals surface area contributed by atoms with Crippen molar-refractivity contribution in [2.24, 2.45) is 0 Å². The maximum absolute atomic E-state index is 11.5. The third-order valence-corrected chi connectivity index (χ3v) is 3.28. The van der Waals surface area contributed by atoms with Crippen LogP contribution in [0.3, 0.4) is 0 Å². The van der Waals surface area contributed by atoms with E-state index in [-0.39, 0.29) is 18.1 Å². The smallest absolute Gasteiger partial charge is 0.337 e. The van der Waals surface area contributed by atoms with Crippen LogP contribution in [0.2, 0.25) is 0 Å². The molecule has 1 heterocycles. The fourth-order valence-corrected chi connectivity index (χ4v) is 2.52. The van der Waals surface area contributed by atoms with Crippen molar-refractivity contribution in [2.75, 3.05) is 12.0 Å². The molecular weight excluding hydrogens is 230 g/mol. The molecule has 1 unspecified atom stereocenters. The number of hydrogen-bond donors (Lipinski definition) is 0. The fraction of sp³-hybridized carbons (Fsp3) is 0.429. The summed E-state index contributed by atoms with van der Waals surface area (Å²) in [5.74, 6) is -0.344. The summed E-state index contributed by atoms with van der Waals surface area (Å²) in [6, 6.07) is 5.58. The van der Waals surface area contributed by atoms with Crippen LogP contribution in [-0.4, -0.2) is 31.4 Å². The van der Waals surface area contributed by atoms with E-state index in [4.69, 9.17) is 4.74 Å². The predicted molar refractivity (Wildman–Crippen MR) is 69.0 cm³/mol. The Labute approximate surface area is 107 Å². The Kier molecular flexibility index (Phi) is 3.36. The van der Waals surface area contributed by atoms with Gasteiger partial charge >= 0.3 is 5.97 Å². The van der Waals surface area contributed by atoms with Gasteiger partial charge in [-0.1, -0.05) is 0 Å². The lowest BCUT2D eigenvalue weighted by molar-refractivity contribution is -0.108. The molecule has 1 aromatic carbocycles. The standard InChI is InChI=1S/C14H17NO3/c1-9(2)15-12(8-16)7-11-6-10(14(17)18-3)4-5-13(11)15/h4-6,8-9,12H,7H2,1-3H3. The van der Waals surface area contributed by atoms with Gasteiger partial charge in [-0.15, -0.1) is 0 Å². The summed E-state index contributed by atoms with van der Waals surface area (Å²) in [7, 11) is 1.37. The highest BCUT2D eigenvalue weighted by Crippen LogP contribution is 2.33. The number of carbonyl (C=O) groups is 2. The largest absolute Gasteiger partial charge is 0.465 e. The van der Waals surface area contributed by atoms with E-state index in [1.165, 1.54) is 7.11 Å². The van der Waals surface area contributed by atoms with Crippen LogP contribution in [0.25, 0.3) is 0 Å². The lowest BCUT2D eigenvalue weighted by Gasteiger charge is -2.28. The molecule has 0 fully saturated rings. The first-order chi connectivity index (χ1) is 8.58. The van der Waals surface area contributed by atoms with Crippen molar-refractivity contribution in [1.29, 1.82) is 0 Å². The minimum atomic E-state index is -0.344. The molecule has 0 spiro atoms. The molecular formula is C14H17NO3. The number of benzene rings is 1. The number of methoxy groups -OCH3 is 1. The van der Waals surface area contributed by atoms with E-state index < -0.39 is 0 Å². The fourth-order valence-electron chi connectivity index (χ4n) is 2.52. The van der Waals surface area contributed by atoms with Gasteiger partial charge in [0.2, 0.25) is 0 Å². The predicted octanol–water partition coefficient (Wildman–Crippen LogP) is 1.81. The van der Waals surface area contributed by atoms with E-state index in [0.29, 0.717) is 12.0 Å². The zero-order valence-corrected chi connectivity index (χ0v) is 10.8. The number of rotatable bonds is 3. The van der Waals surface area contributed by atoms with Gasteiger partial charge in [0.05, 0.1) is 18.7 Å². The molecule has 96 valence electrons. The number of anilines is 1. The summed E-state index contributed by atoms with van der Waals surface area (Å²) in [6.07, 6.45) is 1.62. The van der Waals surface area contributed by atoms with Gasteiger partial charge in [-0.2, -0.15) is 0 Å². The van der Waals surface area contributed by atoms with Gasteiger partial charge < -0.3 is 14.4 Å². The zero-order chi connectivity index (χ0) is 13.3. The normalized spacial score (nSPS) is 17.8. The Balaban J connectivity index is 2.40. The van der Waals surface area contributed by atoms with Crippen LogP contribution in [0.1, 0.15) is 29.8 Å². The molecule has 1 aromatic rings. The van der Waals surface area contributed by atoms with Crippen LogP contribution in [-0.2, 0) is 16.0 Å². The Bertz CT molecular complexity index is 482. The molecule has 0 saturated carbocycles. The average molecular weight is 247 g/mol. The second kappa shape index (κ2) is 4.80. The van der Waals surface area contributed by atoms with Crippen LogP contribution in [0, 0.1) is 0 Å². The SMILES string of the molecule is COC(=O)c1ccc2c(c1)CC(C=O)N2C(C)C. The van der Waals surface area contributed by atoms with Crippen molar-refractivity contribution in [3.8, 4) is 0 Å². The summed E-state index contributed by atoms with van der Waals surface area (Å²) in [5, 5.41) is 0. The van der Waals surface area contributed by atoms with Gasteiger partial charge in [-0.25, -0.2) is 4.79 Å². The lowest BCUT2D eigenvalue weighted by atomic mass is 10.1. The number of ether oxygens (including phenoxy) is 1. The van der Waals surface area contributed by atoms with Gasteiger partial charge in [-0.3, -0.25) is 0 Å². The first-order valence-electron chi connectivity index (χ1n) is 6.03. The zero-order valence-electron chi connectivity index (χ0n) is 10.8. The molecule has 0 aliphatic carbocycles. The van der Waals surface area contributed by atoms with Gasteiger partial charge in [0, 0.05) is 18.2 Å². The maximum Gasteiger partial charge on any atom is 0.337 e. The highest BCUT2D eigenvalue weighted by Gasteiger charge is 2.31. The molecule has 0 bridgehead atoms. The molecule has 0 aromatic heterocycles. The van der Waals surface area contributed by atoms with Crippen molar-refractivity contribution in [3.05, 3.63) is 29.3 Å². The summed E-state index contributed by atoms with van der Waals surface area (Å²) in [4.78, 5) is 24.7. The van der Waals surface area contributed by atoms with Gasteiger partial charge in [0.15, 0.2) is 0 Å². The highest BCUT2D eigenvalue weighted by molar-refractivity contribution is 5.91. The molecule has 2 rings (SSSR count). The molecule has 4 heteroatoms. The molecule has 1 atom stereocenters. The van der Waals surface area contributed by atoms with Crippen LogP contribution in [0.4, 0.5) is 5.69 Å². The van der Waals surface area contributed by atoms with Crippen LogP contribution in [0.5, 0.6) is 0 Å². The highest BCUT2D eigenvalue weighted by atomic mass is 16.5. The van der Waals surface area contributed by atoms with Gasteiger partial charge in [-0.05, 0) is 37.6 Å². The summed E-state index contributed by atoms with van der Waals surface area (Å²) < 4.78 is 4.70. The Morgan fingerprint density at radius 2 is 2.22 bits per heavy atom. The minimum Gasteiger partial charge on any atom is -0.465 e. The number of hydrogen-bond acceptors (Lipinski definition) is 4. The van der Waals surface area contributed by atoms with E-state index in [2.05, 4.69) is 18.7 Å². The van der Waals surface area contributed by atoms with Gasteiger partial charge in [0.1, 0.15) is 6.29 Å². The number of aldehydes is 1. The second-order valence-electron chi connectivity index (χ2n) is 4.74. The van der Waals surface area contributed by atoms with Gasteiger partial charge in [0.25, 0.3) is 0 Å². The van der Waals surface area contributed by atoms with Crippen molar-refractivity contribution in [3.63, 3.8) is 0 Å². The monoisotopic (exact) mass is 247 g/mol. The van der Waals surface area contributed by atoms with Crippen molar-refractivity contribution >= 4 is 17.9 Å². The van der Waals surface area contributed by atoms with E-state index in [0.717, 1.165) is 17.5 Å². The second-order valence-corrected chi connectivity index (χ2v) is 4.74. The first-order valence-corrected chi connectivity index (χ1v) is 6.03. The van der Waals surface area contributed by atoms with E-state index in [1.807, 2.05) is 12.1 Å². The van der Waals surface area contributed by atoms with Crippen LogP contribution in [0.15, 0.2) is 18.2 Å². The minimum absolute atomic E-state index is 0.132. The molecule has 0 amide bonds. The topological polar surface area (TPSA) is 46.6 Å². The molecule has 0 radical (unpaired) electrons. The van der Waals surface area contributed by atoms with Crippen molar-refractivity contribution in [1.82, 2.24) is 0 Å². The average Bonchev–Trinajstić information content (AvgIpc) is 2.74. The molecule has 0 N–H and O–H groups in total. The lowest BCUT2D eigenvalue weighted by Crippen LogP contribution is -2.38. The first kappa shape index (κ1) is 12.6. The molecule has 1 aliphatic heterocycles. The molecule has 1 aliphatic rings. The van der Waals surface area contributed by atoms with Crippen molar-refractivity contribution < 1.29 is 14.3 Å². The third-order valence-electron chi connectivity index (χ3n) is 3.28. The summed E-state index contributed by atoms with van der Waals surface area (Å²) in [6.45, 7) is 4.11. The number of esters is 1. The number of carbonyl (C=O) groups excluding carboxylic acids is 2. The Morgan fingerprint density at radius 1 is 1.50 bits per heavy atom. The third kappa shape index (κ3) is 1.98. The van der Waals surface area contributed by atoms with Crippen LogP contribution < -0.4 is 4.90 Å². The molecule has 0 saturated heterocycles. The maximum atomic E-state index is 11.5. The van der Waals surface area contributed by atoms with E-state index in [9.17, 15) is 9.59 Å². The molecule has 18 heavy (non-hydrogen) atoms.